The molecule has 0 fully saturated rings. The molecule has 3 heterocycles. The summed E-state index contributed by atoms with van der Waals surface area (Å²) in [5, 5.41) is 9.99. The number of imidazole rings is 2. The van der Waals surface area contributed by atoms with Gasteiger partial charge >= 0.3 is 0 Å². The lowest BCUT2D eigenvalue weighted by Gasteiger charge is -2.23. The van der Waals surface area contributed by atoms with Crippen molar-refractivity contribution in [2.45, 2.75) is 25.7 Å². The van der Waals surface area contributed by atoms with E-state index in [0.29, 0.717) is 0 Å². The molecule has 0 radical (unpaired) electrons. The van der Waals surface area contributed by atoms with Crippen molar-refractivity contribution in [3.05, 3.63) is 71.5 Å². The SMILES string of the molecule is N#Cc1c2c(c(-n3cnc4ccccc43)n3c1nc1ccccc13)CCCC2. The van der Waals surface area contributed by atoms with Gasteiger partial charge in [-0.25, -0.2) is 9.97 Å². The van der Waals surface area contributed by atoms with Crippen molar-refractivity contribution in [2.75, 3.05) is 0 Å². The summed E-state index contributed by atoms with van der Waals surface area (Å²) in [6, 6.07) is 18.8. The summed E-state index contributed by atoms with van der Waals surface area (Å²) in [6.07, 6.45) is 6.04. The van der Waals surface area contributed by atoms with E-state index < -0.39 is 0 Å². The number of hydrogen-bond acceptors (Lipinski definition) is 3. The Bertz CT molecular complexity index is 1430. The predicted molar refractivity (Wildman–Crippen MR) is 109 cm³/mol. The van der Waals surface area contributed by atoms with Gasteiger partial charge in [0.05, 0.1) is 27.6 Å². The van der Waals surface area contributed by atoms with Crippen LogP contribution in [-0.4, -0.2) is 18.9 Å². The summed E-state index contributed by atoms with van der Waals surface area (Å²) in [4.78, 5) is 9.47. The number of fused-ring (bicyclic) bond motifs is 5. The molecule has 0 N–H and O–H groups in total. The average Bonchev–Trinajstić information content (AvgIpc) is 3.34. The van der Waals surface area contributed by atoms with Crippen LogP contribution in [-0.2, 0) is 12.8 Å². The largest absolute Gasteiger partial charge is 0.284 e. The average molecular weight is 363 g/mol. The zero-order chi connectivity index (χ0) is 18.7. The molecule has 0 bridgehead atoms. The number of aromatic nitrogens is 4. The number of hydrogen-bond donors (Lipinski definition) is 0. The highest BCUT2D eigenvalue weighted by Gasteiger charge is 2.26. The Morgan fingerprint density at radius 2 is 1.57 bits per heavy atom. The number of nitriles is 1. The molecular formula is C23H17N5. The number of benzene rings is 2. The van der Waals surface area contributed by atoms with Crippen molar-refractivity contribution in [3.8, 4) is 11.9 Å². The van der Waals surface area contributed by atoms with E-state index in [2.05, 4.69) is 32.2 Å². The fourth-order valence-electron chi connectivity index (χ4n) is 4.60. The lowest BCUT2D eigenvalue weighted by Crippen LogP contribution is -2.15. The van der Waals surface area contributed by atoms with E-state index >= 15 is 0 Å². The van der Waals surface area contributed by atoms with Gasteiger partial charge in [-0.05, 0) is 61.1 Å². The minimum absolute atomic E-state index is 0.721. The molecule has 5 nitrogen and oxygen atoms in total. The molecule has 0 unspecified atom stereocenters. The molecule has 1 aliphatic rings. The molecular weight excluding hydrogens is 346 g/mol. The summed E-state index contributed by atoms with van der Waals surface area (Å²) in [7, 11) is 0. The molecule has 134 valence electrons. The summed E-state index contributed by atoms with van der Waals surface area (Å²) in [5.41, 5.74) is 7.84. The van der Waals surface area contributed by atoms with Crippen molar-refractivity contribution in [1.82, 2.24) is 18.9 Å². The molecule has 2 aromatic carbocycles. The van der Waals surface area contributed by atoms with Crippen LogP contribution < -0.4 is 0 Å². The summed E-state index contributed by atoms with van der Waals surface area (Å²) in [6.45, 7) is 0. The van der Waals surface area contributed by atoms with Crippen molar-refractivity contribution in [1.29, 1.82) is 5.26 Å². The zero-order valence-corrected chi connectivity index (χ0v) is 15.3. The maximum atomic E-state index is 9.99. The number of nitrogens with zero attached hydrogens (tertiary/aromatic N) is 5. The van der Waals surface area contributed by atoms with E-state index in [1.807, 2.05) is 42.7 Å². The molecule has 5 heteroatoms. The Morgan fingerprint density at radius 3 is 2.39 bits per heavy atom. The second kappa shape index (κ2) is 5.67. The van der Waals surface area contributed by atoms with Gasteiger partial charge < -0.3 is 0 Å². The van der Waals surface area contributed by atoms with Crippen LogP contribution in [0, 0.1) is 11.3 Å². The van der Waals surface area contributed by atoms with Gasteiger partial charge in [-0.1, -0.05) is 24.3 Å². The molecule has 1 aliphatic carbocycles. The molecule has 0 aliphatic heterocycles. The van der Waals surface area contributed by atoms with Gasteiger partial charge in [0, 0.05) is 0 Å². The molecule has 6 rings (SSSR count). The van der Waals surface area contributed by atoms with E-state index in [1.54, 1.807) is 0 Å². The molecule has 5 aromatic rings. The van der Waals surface area contributed by atoms with Crippen LogP contribution in [0.5, 0.6) is 0 Å². The minimum atomic E-state index is 0.721. The van der Waals surface area contributed by atoms with E-state index in [9.17, 15) is 5.26 Å². The quantitative estimate of drug-likeness (QED) is 0.438. The Hall–Kier alpha value is -3.65. The molecule has 28 heavy (non-hydrogen) atoms. The minimum Gasteiger partial charge on any atom is -0.284 e. The second-order valence-corrected chi connectivity index (χ2v) is 7.34. The van der Waals surface area contributed by atoms with E-state index in [4.69, 9.17) is 4.98 Å². The lowest BCUT2D eigenvalue weighted by molar-refractivity contribution is 0.674. The smallest absolute Gasteiger partial charge is 0.157 e. The van der Waals surface area contributed by atoms with Crippen LogP contribution in [0.4, 0.5) is 0 Å². The predicted octanol–water partition coefficient (Wildman–Crippen LogP) is 4.58. The van der Waals surface area contributed by atoms with Gasteiger partial charge in [0.15, 0.2) is 5.65 Å². The van der Waals surface area contributed by atoms with Gasteiger partial charge in [0.25, 0.3) is 0 Å². The van der Waals surface area contributed by atoms with Crippen molar-refractivity contribution in [3.63, 3.8) is 0 Å². The Balaban J connectivity index is 1.88. The molecule has 0 saturated carbocycles. The highest BCUT2D eigenvalue weighted by atomic mass is 15.2. The number of para-hydroxylation sites is 4. The van der Waals surface area contributed by atoms with Gasteiger partial charge in [0.1, 0.15) is 18.2 Å². The molecule has 3 aromatic heterocycles. The maximum absolute atomic E-state index is 9.99. The fraction of sp³-hybridized carbons (Fsp3) is 0.174. The highest BCUT2D eigenvalue weighted by Crippen LogP contribution is 2.35. The fourth-order valence-corrected chi connectivity index (χ4v) is 4.60. The van der Waals surface area contributed by atoms with E-state index in [0.717, 1.165) is 70.3 Å². The van der Waals surface area contributed by atoms with Gasteiger partial charge in [-0.3, -0.25) is 8.97 Å². The van der Waals surface area contributed by atoms with Crippen LogP contribution >= 0.6 is 0 Å². The first kappa shape index (κ1) is 15.4. The third kappa shape index (κ3) is 1.95. The summed E-state index contributed by atoms with van der Waals surface area (Å²) < 4.78 is 4.33. The van der Waals surface area contributed by atoms with Crippen molar-refractivity contribution in [2.24, 2.45) is 0 Å². The van der Waals surface area contributed by atoms with Crippen molar-refractivity contribution >= 4 is 27.7 Å². The highest BCUT2D eigenvalue weighted by molar-refractivity contribution is 5.86. The first-order valence-electron chi connectivity index (χ1n) is 9.64. The first-order valence-corrected chi connectivity index (χ1v) is 9.64. The third-order valence-corrected chi connectivity index (χ3v) is 5.83. The van der Waals surface area contributed by atoms with Crippen molar-refractivity contribution < 1.29 is 0 Å². The zero-order valence-electron chi connectivity index (χ0n) is 15.3. The van der Waals surface area contributed by atoms with E-state index in [-0.39, 0.29) is 0 Å². The molecule has 0 atom stereocenters. The second-order valence-electron chi connectivity index (χ2n) is 7.34. The summed E-state index contributed by atoms with van der Waals surface area (Å²) >= 11 is 0. The lowest BCUT2D eigenvalue weighted by atomic mass is 9.89. The van der Waals surface area contributed by atoms with E-state index in [1.165, 1.54) is 5.56 Å². The van der Waals surface area contributed by atoms with Gasteiger partial charge in [-0.15, -0.1) is 0 Å². The topological polar surface area (TPSA) is 58.9 Å². The van der Waals surface area contributed by atoms with Gasteiger partial charge in [0.2, 0.25) is 0 Å². The van der Waals surface area contributed by atoms with Gasteiger partial charge in [-0.2, -0.15) is 5.26 Å². The number of rotatable bonds is 1. The maximum Gasteiger partial charge on any atom is 0.157 e. The van der Waals surface area contributed by atoms with Crippen LogP contribution in [0.25, 0.3) is 33.5 Å². The molecule has 0 amide bonds. The monoisotopic (exact) mass is 363 g/mol. The molecule has 0 spiro atoms. The third-order valence-electron chi connectivity index (χ3n) is 5.83. The van der Waals surface area contributed by atoms with Crippen LogP contribution in [0.3, 0.4) is 0 Å². The van der Waals surface area contributed by atoms with Crippen LogP contribution in [0.1, 0.15) is 29.5 Å². The Kier molecular flexibility index (Phi) is 3.12. The normalized spacial score (nSPS) is 13.8. The molecule has 0 saturated heterocycles. The Labute approximate surface area is 161 Å². The Morgan fingerprint density at radius 1 is 0.857 bits per heavy atom. The van der Waals surface area contributed by atoms with Crippen LogP contribution in [0.2, 0.25) is 0 Å². The van der Waals surface area contributed by atoms with Crippen LogP contribution in [0.15, 0.2) is 54.9 Å². The summed E-state index contributed by atoms with van der Waals surface area (Å²) in [5.74, 6) is 1.08. The number of pyridine rings is 1. The first-order chi connectivity index (χ1) is 13.9. The standard InChI is InChI=1S/C23H17N5/c24-13-17-15-7-1-2-8-16(15)23(27-14-25-18-9-3-5-11-20(18)27)28-21-12-6-4-10-19(21)26-22(17)28/h3-6,9-12,14H,1-2,7-8H2.